The first-order chi connectivity index (χ1) is 25.2. The van der Waals surface area contributed by atoms with Gasteiger partial charge in [-0.05, 0) is 53.9 Å². The number of fused-ring (bicyclic) bond motifs is 6. The molecule has 0 aliphatic rings. The van der Waals surface area contributed by atoms with Gasteiger partial charge in [-0.15, -0.1) is 0 Å². The summed E-state index contributed by atoms with van der Waals surface area (Å²) in [6.45, 7) is 2.14. The van der Waals surface area contributed by atoms with Crippen LogP contribution in [-0.4, -0.2) is 10.3 Å². The zero-order chi connectivity index (χ0) is 34.3. The molecule has 0 saturated heterocycles. The summed E-state index contributed by atoms with van der Waals surface area (Å²) in [7, 11) is 0. The lowest BCUT2D eigenvalue weighted by atomic mass is 9.89. The fraction of sp³-hybridized carbons (Fsp3) is 0.0426. The van der Waals surface area contributed by atoms with E-state index in [-0.39, 0.29) is 6.04 Å². The van der Waals surface area contributed by atoms with Crippen LogP contribution in [0.1, 0.15) is 35.2 Å². The van der Waals surface area contributed by atoms with E-state index in [9.17, 15) is 0 Å². The van der Waals surface area contributed by atoms with Gasteiger partial charge in [0, 0.05) is 50.1 Å². The minimum absolute atomic E-state index is 0.117. The molecule has 2 N–H and O–H groups in total. The number of aliphatic imine (C=N–C) groups is 1. The Hall–Kier alpha value is -6.65. The molecule has 244 valence electrons. The highest BCUT2D eigenvalue weighted by molar-refractivity contribution is 6.39. The van der Waals surface area contributed by atoms with Crippen LogP contribution in [0.3, 0.4) is 0 Å². The number of aromatic nitrogens is 1. The molecule has 4 nitrogen and oxygen atoms in total. The lowest BCUT2D eigenvalue weighted by Crippen LogP contribution is -2.13. The second-order valence-corrected chi connectivity index (χ2v) is 12.9. The van der Waals surface area contributed by atoms with Gasteiger partial charge in [-0.2, -0.15) is 0 Å². The molecule has 0 bridgehead atoms. The Labute approximate surface area is 296 Å². The summed E-state index contributed by atoms with van der Waals surface area (Å²) in [5.41, 5.74) is 18.6. The fourth-order valence-electron chi connectivity index (χ4n) is 7.40. The first-order valence-corrected chi connectivity index (χ1v) is 17.3. The Morgan fingerprint density at radius 3 is 1.82 bits per heavy atom. The second-order valence-electron chi connectivity index (χ2n) is 12.9. The topological polar surface area (TPSA) is 56.4 Å². The Kier molecular flexibility index (Phi) is 7.55. The van der Waals surface area contributed by atoms with Crippen molar-refractivity contribution in [3.63, 3.8) is 0 Å². The van der Waals surface area contributed by atoms with Gasteiger partial charge in [0.25, 0.3) is 0 Å². The van der Waals surface area contributed by atoms with Gasteiger partial charge in [0.1, 0.15) is 11.2 Å². The first kappa shape index (κ1) is 30.4. The van der Waals surface area contributed by atoms with Crippen LogP contribution >= 0.6 is 0 Å². The Balaban J connectivity index is 1.30. The lowest BCUT2D eigenvalue weighted by molar-refractivity contribution is 0.668. The van der Waals surface area contributed by atoms with Crippen LogP contribution in [0.25, 0.3) is 60.7 Å². The zero-order valence-corrected chi connectivity index (χ0v) is 28.2. The maximum Gasteiger partial charge on any atom is 0.137 e. The predicted molar refractivity (Wildman–Crippen MR) is 213 cm³/mol. The number of nitrogens with zero attached hydrogens (tertiary/aromatic N) is 2. The highest BCUT2D eigenvalue weighted by Gasteiger charge is 2.24. The van der Waals surface area contributed by atoms with E-state index < -0.39 is 0 Å². The molecule has 7 aromatic carbocycles. The van der Waals surface area contributed by atoms with E-state index in [0.717, 1.165) is 72.2 Å². The standard InChI is InChI=1S/C47H35N3O/c1-31(32-16-5-2-6-17-32)49-47(34-20-9-4-10-21-34)45(46(48)33-18-7-3-8-19-33)39-24-15-27-42-44(39)38-29-28-35(30-43(38)51-42)50-40-25-13-11-22-36(40)37-23-12-14-26-41(37)50/h2-31H,48H2,1H3/b46-45-,49-47-. The summed E-state index contributed by atoms with van der Waals surface area (Å²) >= 11 is 0. The number of allylic oxidation sites excluding steroid dienone is 1. The van der Waals surface area contributed by atoms with Crippen LogP contribution in [0.2, 0.25) is 0 Å². The predicted octanol–water partition coefficient (Wildman–Crippen LogP) is 11.8. The third kappa shape index (κ3) is 5.29. The number of hydrogen-bond donors (Lipinski definition) is 1. The monoisotopic (exact) mass is 657 g/mol. The number of furan rings is 1. The van der Waals surface area contributed by atoms with Crippen LogP contribution in [0.5, 0.6) is 0 Å². The Morgan fingerprint density at radius 2 is 1.16 bits per heavy atom. The van der Waals surface area contributed by atoms with Crippen molar-refractivity contribution in [3.8, 4) is 5.69 Å². The normalized spacial score (nSPS) is 13.2. The molecule has 0 radical (unpaired) electrons. The number of hydrogen-bond acceptors (Lipinski definition) is 3. The van der Waals surface area contributed by atoms with Crippen molar-refractivity contribution in [1.29, 1.82) is 0 Å². The van der Waals surface area contributed by atoms with Gasteiger partial charge in [-0.1, -0.05) is 140 Å². The van der Waals surface area contributed by atoms with E-state index in [1.165, 1.54) is 10.8 Å². The van der Waals surface area contributed by atoms with Gasteiger partial charge < -0.3 is 14.7 Å². The third-order valence-electron chi connectivity index (χ3n) is 9.83. The average molecular weight is 658 g/mol. The molecule has 0 fully saturated rings. The van der Waals surface area contributed by atoms with Gasteiger partial charge in [-0.25, -0.2) is 0 Å². The van der Waals surface area contributed by atoms with E-state index in [2.05, 4.69) is 151 Å². The molecule has 2 aromatic heterocycles. The molecule has 9 rings (SSSR count). The highest BCUT2D eigenvalue weighted by Crippen LogP contribution is 2.40. The smallest absolute Gasteiger partial charge is 0.137 e. The van der Waals surface area contributed by atoms with Crippen molar-refractivity contribution in [3.05, 3.63) is 198 Å². The number of benzene rings is 7. The first-order valence-electron chi connectivity index (χ1n) is 17.3. The summed E-state index contributed by atoms with van der Waals surface area (Å²) in [6, 6.07) is 60.7. The quantitative estimate of drug-likeness (QED) is 0.137. The van der Waals surface area contributed by atoms with Crippen molar-refractivity contribution in [2.24, 2.45) is 10.7 Å². The second kappa shape index (κ2) is 12.7. The molecule has 4 heteroatoms. The van der Waals surface area contributed by atoms with Crippen LogP contribution in [0, 0.1) is 0 Å². The Morgan fingerprint density at radius 1 is 0.569 bits per heavy atom. The van der Waals surface area contributed by atoms with Crippen molar-refractivity contribution < 1.29 is 4.42 Å². The molecule has 0 amide bonds. The molecule has 0 aliphatic heterocycles. The van der Waals surface area contributed by atoms with Crippen LogP contribution in [-0.2, 0) is 0 Å². The third-order valence-corrected chi connectivity index (χ3v) is 9.83. The maximum absolute atomic E-state index is 7.29. The number of nitrogens with two attached hydrogens (primary N) is 1. The molecule has 9 aromatic rings. The lowest BCUT2D eigenvalue weighted by Gasteiger charge is -2.19. The minimum Gasteiger partial charge on any atom is -0.456 e. The van der Waals surface area contributed by atoms with Gasteiger partial charge in [0.15, 0.2) is 0 Å². The van der Waals surface area contributed by atoms with E-state index in [1.54, 1.807) is 0 Å². The largest absolute Gasteiger partial charge is 0.456 e. The van der Waals surface area contributed by atoms with Crippen molar-refractivity contribution in [1.82, 2.24) is 4.57 Å². The highest BCUT2D eigenvalue weighted by atomic mass is 16.3. The zero-order valence-electron chi connectivity index (χ0n) is 28.2. The fourth-order valence-corrected chi connectivity index (χ4v) is 7.40. The average Bonchev–Trinajstić information content (AvgIpc) is 3.74. The molecular formula is C47H35N3O. The summed E-state index contributed by atoms with van der Waals surface area (Å²) in [4.78, 5) is 5.46. The van der Waals surface area contributed by atoms with Crippen LogP contribution < -0.4 is 5.73 Å². The van der Waals surface area contributed by atoms with E-state index in [0.29, 0.717) is 5.70 Å². The molecule has 0 spiro atoms. The van der Waals surface area contributed by atoms with Crippen molar-refractivity contribution >= 4 is 60.7 Å². The maximum atomic E-state index is 7.29. The van der Waals surface area contributed by atoms with E-state index in [1.807, 2.05) is 36.4 Å². The molecule has 2 heterocycles. The molecule has 0 saturated carbocycles. The molecular weight excluding hydrogens is 623 g/mol. The van der Waals surface area contributed by atoms with Gasteiger partial charge >= 0.3 is 0 Å². The minimum atomic E-state index is -0.117. The van der Waals surface area contributed by atoms with E-state index in [4.69, 9.17) is 15.1 Å². The summed E-state index contributed by atoms with van der Waals surface area (Å²) in [5.74, 6) is 0. The van der Waals surface area contributed by atoms with Crippen LogP contribution in [0.15, 0.2) is 185 Å². The van der Waals surface area contributed by atoms with Crippen LogP contribution in [0.4, 0.5) is 0 Å². The molecule has 1 atom stereocenters. The van der Waals surface area contributed by atoms with Crippen molar-refractivity contribution in [2.75, 3.05) is 0 Å². The Bertz CT molecular complexity index is 2700. The summed E-state index contributed by atoms with van der Waals surface area (Å²) < 4.78 is 9.03. The van der Waals surface area contributed by atoms with Gasteiger partial charge in [0.2, 0.25) is 0 Å². The molecule has 1 unspecified atom stereocenters. The van der Waals surface area contributed by atoms with Gasteiger partial charge in [0.05, 0.1) is 22.8 Å². The summed E-state index contributed by atoms with van der Waals surface area (Å²) in [5, 5.41) is 4.48. The molecule has 0 aliphatic carbocycles. The van der Waals surface area contributed by atoms with Crippen molar-refractivity contribution in [2.45, 2.75) is 13.0 Å². The molecule has 51 heavy (non-hydrogen) atoms. The SMILES string of the molecule is CC(/N=C(\C(=C(/N)c1ccccc1)c1cccc2oc3cc(-n4c5ccccc5c5ccccc54)ccc3c12)c1ccccc1)c1ccccc1. The number of rotatable bonds is 7. The summed E-state index contributed by atoms with van der Waals surface area (Å²) in [6.07, 6.45) is 0. The van der Waals surface area contributed by atoms with E-state index >= 15 is 0 Å². The van der Waals surface area contributed by atoms with Gasteiger partial charge in [-0.3, -0.25) is 4.99 Å². The number of para-hydroxylation sites is 2.